The van der Waals surface area contributed by atoms with Crippen molar-refractivity contribution in [2.75, 3.05) is 12.4 Å². The molecule has 0 amide bonds. The largest absolute Gasteiger partial charge is 0.465 e. The first-order chi connectivity index (χ1) is 8.43. The van der Waals surface area contributed by atoms with E-state index in [1.807, 2.05) is 0 Å². The third-order valence-corrected chi connectivity index (χ3v) is 5.19. The van der Waals surface area contributed by atoms with Crippen LogP contribution in [0.15, 0.2) is 11.6 Å². The molecule has 3 aliphatic carbocycles. The van der Waals surface area contributed by atoms with Gasteiger partial charge in [0, 0.05) is 18.2 Å². The molecule has 0 saturated heterocycles. The number of hydrogen-bond acceptors (Lipinski definition) is 4. The van der Waals surface area contributed by atoms with Crippen LogP contribution in [0.2, 0.25) is 0 Å². The molecule has 3 nitrogen and oxygen atoms in total. The molecule has 1 saturated carbocycles. The Kier molecular flexibility index (Phi) is 3.85. The molecule has 3 rings (SSSR count). The monoisotopic (exact) mass is 268 g/mol. The van der Waals surface area contributed by atoms with Crippen LogP contribution in [0.4, 0.5) is 0 Å². The van der Waals surface area contributed by atoms with Gasteiger partial charge >= 0.3 is 5.97 Å². The van der Waals surface area contributed by atoms with Crippen LogP contribution < -0.4 is 0 Å². The van der Waals surface area contributed by atoms with Gasteiger partial charge in [0.25, 0.3) is 0 Å². The van der Waals surface area contributed by atoms with Crippen molar-refractivity contribution < 1.29 is 14.3 Å². The van der Waals surface area contributed by atoms with E-state index in [0.29, 0.717) is 18.3 Å². The third kappa shape index (κ3) is 2.48. The van der Waals surface area contributed by atoms with Crippen molar-refractivity contribution in [3.05, 3.63) is 11.6 Å². The lowest BCUT2D eigenvalue weighted by Gasteiger charge is -2.55. The average Bonchev–Trinajstić information content (AvgIpc) is 2.33. The standard InChI is InChI=1S/C14H20O3S/c1-9(15)17-6-7-18-13(16)11-5-4-10-8-12(11)14(10,2)3/h5,10,12H,4,6-8H2,1-3H3/t10-,12+/m0/s1. The highest BCUT2D eigenvalue weighted by atomic mass is 32.2. The van der Waals surface area contributed by atoms with Gasteiger partial charge in [0.1, 0.15) is 6.61 Å². The molecular weight excluding hydrogens is 248 g/mol. The second kappa shape index (κ2) is 5.08. The topological polar surface area (TPSA) is 43.4 Å². The molecule has 100 valence electrons. The summed E-state index contributed by atoms with van der Waals surface area (Å²) in [5.41, 5.74) is 1.28. The number of ether oxygens (including phenoxy) is 1. The average molecular weight is 268 g/mol. The van der Waals surface area contributed by atoms with Crippen LogP contribution in [-0.4, -0.2) is 23.4 Å². The van der Waals surface area contributed by atoms with E-state index in [0.717, 1.165) is 24.3 Å². The van der Waals surface area contributed by atoms with Gasteiger partial charge in [-0.05, 0) is 30.1 Å². The number of carbonyl (C=O) groups excluding carboxylic acids is 2. The molecule has 0 aromatic rings. The van der Waals surface area contributed by atoms with Gasteiger partial charge in [-0.1, -0.05) is 31.7 Å². The molecule has 0 aromatic carbocycles. The quantitative estimate of drug-likeness (QED) is 0.581. The van der Waals surface area contributed by atoms with Crippen LogP contribution in [0.1, 0.15) is 33.6 Å². The fourth-order valence-corrected chi connectivity index (χ4v) is 3.73. The molecule has 1 fully saturated rings. The summed E-state index contributed by atoms with van der Waals surface area (Å²) in [7, 11) is 0. The van der Waals surface area contributed by atoms with Gasteiger partial charge in [-0.2, -0.15) is 0 Å². The molecule has 0 unspecified atom stereocenters. The van der Waals surface area contributed by atoms with Gasteiger partial charge in [0.15, 0.2) is 0 Å². The number of rotatable bonds is 4. The Morgan fingerprint density at radius 1 is 1.50 bits per heavy atom. The van der Waals surface area contributed by atoms with E-state index in [-0.39, 0.29) is 16.5 Å². The molecular formula is C14H20O3S. The first-order valence-electron chi connectivity index (χ1n) is 6.43. The first kappa shape index (κ1) is 13.7. The molecule has 0 N–H and O–H groups in total. The Hall–Kier alpha value is -0.770. The molecule has 0 aromatic heterocycles. The summed E-state index contributed by atoms with van der Waals surface area (Å²) >= 11 is 1.27. The van der Waals surface area contributed by atoms with Crippen molar-refractivity contribution in [3.63, 3.8) is 0 Å². The van der Waals surface area contributed by atoms with E-state index in [9.17, 15) is 9.59 Å². The fourth-order valence-electron chi connectivity index (χ4n) is 2.98. The maximum absolute atomic E-state index is 12.1. The van der Waals surface area contributed by atoms with Gasteiger partial charge in [-0.25, -0.2) is 0 Å². The van der Waals surface area contributed by atoms with Crippen molar-refractivity contribution in [1.82, 2.24) is 0 Å². The van der Waals surface area contributed by atoms with Crippen molar-refractivity contribution in [2.24, 2.45) is 17.3 Å². The second-order valence-corrected chi connectivity index (χ2v) is 6.75. The normalized spacial score (nSPS) is 28.1. The van der Waals surface area contributed by atoms with Gasteiger partial charge in [0.05, 0.1) is 0 Å². The Labute approximate surface area is 112 Å². The van der Waals surface area contributed by atoms with E-state index in [4.69, 9.17) is 4.74 Å². The molecule has 0 spiro atoms. The van der Waals surface area contributed by atoms with Crippen molar-refractivity contribution in [1.29, 1.82) is 0 Å². The summed E-state index contributed by atoms with van der Waals surface area (Å²) in [6, 6.07) is 0. The second-order valence-electron chi connectivity index (χ2n) is 5.68. The number of esters is 1. The first-order valence-corrected chi connectivity index (χ1v) is 7.42. The van der Waals surface area contributed by atoms with Gasteiger partial charge in [-0.15, -0.1) is 0 Å². The molecule has 4 heteroatoms. The highest BCUT2D eigenvalue weighted by Crippen LogP contribution is 2.59. The maximum Gasteiger partial charge on any atom is 0.302 e. The van der Waals surface area contributed by atoms with Gasteiger partial charge in [0.2, 0.25) is 5.12 Å². The van der Waals surface area contributed by atoms with Crippen molar-refractivity contribution >= 4 is 22.8 Å². The number of thioether (sulfide) groups is 1. The number of fused-ring (bicyclic) bond motifs is 1. The van der Waals surface area contributed by atoms with E-state index in [1.54, 1.807) is 0 Å². The lowest BCUT2D eigenvalue weighted by Crippen LogP contribution is -2.49. The van der Waals surface area contributed by atoms with Crippen LogP contribution >= 0.6 is 11.8 Å². The molecule has 0 radical (unpaired) electrons. The Morgan fingerprint density at radius 2 is 2.22 bits per heavy atom. The predicted molar refractivity (Wildman–Crippen MR) is 72.2 cm³/mol. The minimum absolute atomic E-state index is 0.165. The van der Waals surface area contributed by atoms with E-state index in [1.165, 1.54) is 18.7 Å². The van der Waals surface area contributed by atoms with Crippen LogP contribution in [0, 0.1) is 17.3 Å². The van der Waals surface area contributed by atoms with E-state index >= 15 is 0 Å². The smallest absolute Gasteiger partial charge is 0.302 e. The third-order valence-electron chi connectivity index (χ3n) is 4.33. The van der Waals surface area contributed by atoms with E-state index in [2.05, 4.69) is 19.9 Å². The number of hydrogen-bond donors (Lipinski definition) is 0. The molecule has 2 atom stereocenters. The summed E-state index contributed by atoms with van der Waals surface area (Å²) < 4.78 is 4.83. The van der Waals surface area contributed by atoms with Gasteiger partial charge in [-0.3, -0.25) is 9.59 Å². The fraction of sp³-hybridized carbons (Fsp3) is 0.714. The Balaban J connectivity index is 1.83. The van der Waals surface area contributed by atoms with Crippen molar-refractivity contribution in [3.8, 4) is 0 Å². The summed E-state index contributed by atoms with van der Waals surface area (Å²) in [6.07, 6.45) is 4.31. The minimum atomic E-state index is -0.289. The summed E-state index contributed by atoms with van der Waals surface area (Å²) in [6.45, 7) is 6.22. The zero-order valence-corrected chi connectivity index (χ0v) is 12.0. The van der Waals surface area contributed by atoms with Gasteiger partial charge < -0.3 is 4.74 Å². The molecule has 3 aliphatic rings. The molecule has 0 heterocycles. The highest BCUT2D eigenvalue weighted by molar-refractivity contribution is 8.14. The Bertz CT molecular complexity index is 398. The van der Waals surface area contributed by atoms with Crippen LogP contribution in [0.3, 0.4) is 0 Å². The SMILES string of the molecule is CC(=O)OCCSC(=O)C1=CC[C@H]2C[C@H]1C2(C)C. The van der Waals surface area contributed by atoms with Crippen molar-refractivity contribution in [2.45, 2.75) is 33.6 Å². The van der Waals surface area contributed by atoms with E-state index < -0.39 is 0 Å². The highest BCUT2D eigenvalue weighted by Gasteiger charge is 2.52. The zero-order chi connectivity index (χ0) is 13.3. The predicted octanol–water partition coefficient (Wildman–Crippen LogP) is 2.80. The van der Waals surface area contributed by atoms with Crippen LogP contribution in [-0.2, 0) is 14.3 Å². The van der Waals surface area contributed by atoms with Crippen LogP contribution in [0.5, 0.6) is 0 Å². The summed E-state index contributed by atoms with van der Waals surface area (Å²) in [5, 5.41) is 0.165. The van der Waals surface area contributed by atoms with Crippen LogP contribution in [0.25, 0.3) is 0 Å². The molecule has 2 bridgehead atoms. The summed E-state index contributed by atoms with van der Waals surface area (Å²) in [5.74, 6) is 1.45. The molecule has 0 aliphatic heterocycles. The molecule has 18 heavy (non-hydrogen) atoms. The minimum Gasteiger partial charge on any atom is -0.465 e. The number of allylic oxidation sites excluding steroid dienone is 1. The maximum atomic E-state index is 12.1. The number of carbonyl (C=O) groups is 2. The lowest BCUT2D eigenvalue weighted by molar-refractivity contribution is -0.140. The summed E-state index contributed by atoms with van der Waals surface area (Å²) in [4.78, 5) is 22.7. The lowest BCUT2D eigenvalue weighted by atomic mass is 9.49. The zero-order valence-electron chi connectivity index (χ0n) is 11.2. The Morgan fingerprint density at radius 3 is 2.78 bits per heavy atom.